The normalized spacial score (nSPS) is 25.4. The van der Waals surface area contributed by atoms with Crippen LogP contribution in [0.5, 0.6) is 0 Å². The SMILES string of the molecule is O=COC(CCF)/C1=C/C/C=C(/Br)CCC1. The molecule has 0 aromatic carbocycles. The Morgan fingerprint density at radius 3 is 3.00 bits per heavy atom. The van der Waals surface area contributed by atoms with Gasteiger partial charge in [0.2, 0.25) is 0 Å². The predicted molar refractivity (Wildman–Crippen MR) is 65.1 cm³/mol. The summed E-state index contributed by atoms with van der Waals surface area (Å²) in [6.45, 7) is -0.0545. The molecule has 0 saturated heterocycles. The maximum atomic E-state index is 12.3. The fourth-order valence-electron chi connectivity index (χ4n) is 1.80. The molecule has 0 fully saturated rings. The van der Waals surface area contributed by atoms with E-state index in [4.69, 9.17) is 4.74 Å². The van der Waals surface area contributed by atoms with Gasteiger partial charge >= 0.3 is 0 Å². The van der Waals surface area contributed by atoms with E-state index in [1.54, 1.807) is 0 Å². The summed E-state index contributed by atoms with van der Waals surface area (Å²) in [4.78, 5) is 10.3. The molecule has 0 radical (unpaired) electrons. The summed E-state index contributed by atoms with van der Waals surface area (Å²) in [6.07, 6.45) is 7.65. The molecule has 16 heavy (non-hydrogen) atoms. The quantitative estimate of drug-likeness (QED) is 0.570. The fraction of sp³-hybridized carbons (Fsp3) is 0.583. The van der Waals surface area contributed by atoms with Crippen molar-refractivity contribution in [1.29, 1.82) is 0 Å². The largest absolute Gasteiger partial charge is 0.460 e. The molecule has 0 spiro atoms. The van der Waals surface area contributed by atoms with E-state index in [9.17, 15) is 9.18 Å². The van der Waals surface area contributed by atoms with E-state index in [-0.39, 0.29) is 12.5 Å². The third-order valence-corrected chi connectivity index (χ3v) is 3.33. The number of allylic oxidation sites excluding steroid dienone is 3. The van der Waals surface area contributed by atoms with E-state index in [1.165, 1.54) is 4.48 Å². The van der Waals surface area contributed by atoms with Gasteiger partial charge in [-0.05, 0) is 35.7 Å². The Kier molecular flexibility index (Phi) is 6.38. The van der Waals surface area contributed by atoms with Gasteiger partial charge in [-0.15, -0.1) is 0 Å². The minimum atomic E-state index is -0.463. The van der Waals surface area contributed by atoms with Crippen LogP contribution in [0.2, 0.25) is 0 Å². The number of halogens is 2. The number of alkyl halides is 1. The first kappa shape index (κ1) is 13.4. The standard InChI is InChI=1S/C12H16BrFO2/c13-11-5-1-3-10(4-2-6-11)12(7-8-14)16-9-15/h3,5,9,12H,1-2,4,6-8H2/b10-3+,11-5+. The van der Waals surface area contributed by atoms with Crippen LogP contribution in [0.4, 0.5) is 4.39 Å². The first-order chi connectivity index (χ1) is 7.77. The fourth-order valence-corrected chi connectivity index (χ4v) is 2.27. The highest BCUT2D eigenvalue weighted by Crippen LogP contribution is 2.25. The summed E-state index contributed by atoms with van der Waals surface area (Å²) in [6, 6.07) is 0. The summed E-state index contributed by atoms with van der Waals surface area (Å²) in [5.74, 6) is 0. The number of rotatable bonds is 5. The Balaban J connectivity index is 2.66. The molecule has 1 rings (SSSR count). The molecule has 4 heteroatoms. The van der Waals surface area contributed by atoms with Gasteiger partial charge in [-0.3, -0.25) is 9.18 Å². The van der Waals surface area contributed by atoms with Crippen molar-refractivity contribution in [3.63, 3.8) is 0 Å². The number of carbonyl (C=O) groups is 1. The van der Waals surface area contributed by atoms with E-state index in [2.05, 4.69) is 22.0 Å². The van der Waals surface area contributed by atoms with Crippen LogP contribution in [0, 0.1) is 0 Å². The maximum absolute atomic E-state index is 12.3. The molecule has 1 atom stereocenters. The lowest BCUT2D eigenvalue weighted by Crippen LogP contribution is -2.16. The monoisotopic (exact) mass is 290 g/mol. The van der Waals surface area contributed by atoms with Crippen LogP contribution >= 0.6 is 15.9 Å². The Labute approximate surface area is 104 Å². The van der Waals surface area contributed by atoms with Crippen LogP contribution in [-0.4, -0.2) is 19.3 Å². The second-order valence-electron chi connectivity index (χ2n) is 3.72. The van der Waals surface area contributed by atoms with E-state index >= 15 is 0 Å². The van der Waals surface area contributed by atoms with Gasteiger partial charge in [0.1, 0.15) is 6.10 Å². The zero-order valence-corrected chi connectivity index (χ0v) is 10.7. The lowest BCUT2D eigenvalue weighted by atomic mass is 9.97. The molecule has 0 saturated carbocycles. The van der Waals surface area contributed by atoms with E-state index < -0.39 is 6.67 Å². The van der Waals surface area contributed by atoms with Crippen LogP contribution in [0.15, 0.2) is 22.2 Å². The molecule has 1 aliphatic carbocycles. The highest BCUT2D eigenvalue weighted by Gasteiger charge is 2.15. The first-order valence-corrected chi connectivity index (χ1v) is 6.25. The van der Waals surface area contributed by atoms with Gasteiger partial charge in [-0.1, -0.05) is 28.1 Å². The van der Waals surface area contributed by atoms with Gasteiger partial charge in [0.25, 0.3) is 6.47 Å². The minimum Gasteiger partial charge on any atom is -0.460 e. The van der Waals surface area contributed by atoms with Crippen molar-refractivity contribution < 1.29 is 13.9 Å². The lowest BCUT2D eigenvalue weighted by molar-refractivity contribution is -0.132. The molecular weight excluding hydrogens is 275 g/mol. The van der Waals surface area contributed by atoms with Gasteiger partial charge in [0, 0.05) is 6.42 Å². The van der Waals surface area contributed by atoms with Crippen LogP contribution in [0.25, 0.3) is 0 Å². The van der Waals surface area contributed by atoms with Gasteiger partial charge in [-0.25, -0.2) is 0 Å². The highest BCUT2D eigenvalue weighted by molar-refractivity contribution is 9.11. The third kappa shape index (κ3) is 4.47. The molecule has 0 bridgehead atoms. The summed E-state index contributed by atoms with van der Waals surface area (Å²) >= 11 is 3.48. The average molecular weight is 291 g/mol. The van der Waals surface area contributed by atoms with Crippen molar-refractivity contribution in [3.05, 3.63) is 22.2 Å². The molecule has 0 aromatic rings. The molecule has 0 aromatic heterocycles. The molecule has 0 heterocycles. The van der Waals surface area contributed by atoms with Gasteiger partial charge in [0.05, 0.1) is 6.67 Å². The molecule has 1 aliphatic rings. The van der Waals surface area contributed by atoms with Crippen molar-refractivity contribution in [2.24, 2.45) is 0 Å². The Hall–Kier alpha value is -0.640. The van der Waals surface area contributed by atoms with Crippen molar-refractivity contribution in [2.45, 2.75) is 38.2 Å². The molecule has 90 valence electrons. The summed E-state index contributed by atoms with van der Waals surface area (Å²) in [5, 5.41) is 0. The topological polar surface area (TPSA) is 26.3 Å². The number of hydrogen-bond donors (Lipinski definition) is 0. The first-order valence-electron chi connectivity index (χ1n) is 5.46. The Bertz CT molecular complexity index is 287. The van der Waals surface area contributed by atoms with Crippen LogP contribution < -0.4 is 0 Å². The zero-order valence-electron chi connectivity index (χ0n) is 9.12. The minimum absolute atomic E-state index is 0.259. The van der Waals surface area contributed by atoms with Crippen LogP contribution in [0.1, 0.15) is 32.1 Å². The molecule has 1 unspecified atom stereocenters. The van der Waals surface area contributed by atoms with E-state index in [0.29, 0.717) is 6.47 Å². The zero-order chi connectivity index (χ0) is 11.8. The van der Waals surface area contributed by atoms with Crippen molar-refractivity contribution in [1.82, 2.24) is 0 Å². The molecular formula is C12H16BrFO2. The van der Waals surface area contributed by atoms with E-state index in [1.807, 2.05) is 6.08 Å². The second kappa shape index (κ2) is 7.60. The summed E-state index contributed by atoms with van der Waals surface area (Å²) in [5.41, 5.74) is 1.04. The van der Waals surface area contributed by atoms with E-state index in [0.717, 1.165) is 31.3 Å². The molecule has 0 amide bonds. The average Bonchev–Trinajstić information content (AvgIpc) is 2.23. The molecule has 0 N–H and O–H groups in total. The number of hydrogen-bond acceptors (Lipinski definition) is 2. The smallest absolute Gasteiger partial charge is 0.293 e. The van der Waals surface area contributed by atoms with Crippen molar-refractivity contribution in [2.75, 3.05) is 6.67 Å². The molecule has 2 nitrogen and oxygen atoms in total. The summed E-state index contributed by atoms with van der Waals surface area (Å²) < 4.78 is 18.5. The van der Waals surface area contributed by atoms with Crippen molar-refractivity contribution >= 4 is 22.4 Å². The number of carbonyl (C=O) groups excluding carboxylic acids is 1. The third-order valence-electron chi connectivity index (χ3n) is 2.61. The highest BCUT2D eigenvalue weighted by atomic mass is 79.9. The Morgan fingerprint density at radius 1 is 1.50 bits per heavy atom. The lowest BCUT2D eigenvalue weighted by Gasteiger charge is -2.19. The van der Waals surface area contributed by atoms with Gasteiger partial charge < -0.3 is 4.74 Å². The van der Waals surface area contributed by atoms with Crippen molar-refractivity contribution in [3.8, 4) is 0 Å². The summed E-state index contributed by atoms with van der Waals surface area (Å²) in [7, 11) is 0. The molecule has 0 aliphatic heterocycles. The van der Waals surface area contributed by atoms with Gasteiger partial charge in [0.15, 0.2) is 0 Å². The van der Waals surface area contributed by atoms with Crippen LogP contribution in [0.3, 0.4) is 0 Å². The van der Waals surface area contributed by atoms with Crippen LogP contribution in [-0.2, 0) is 9.53 Å². The second-order valence-corrected chi connectivity index (χ2v) is 4.74. The number of ether oxygens (including phenoxy) is 1. The van der Waals surface area contributed by atoms with Gasteiger partial charge in [-0.2, -0.15) is 0 Å². The maximum Gasteiger partial charge on any atom is 0.293 e. The predicted octanol–water partition coefficient (Wildman–Crippen LogP) is 3.67. The Morgan fingerprint density at radius 2 is 2.31 bits per heavy atom.